The number of hydrogen-bond donors (Lipinski definition) is 0. The molecule has 0 N–H and O–H groups in total. The van der Waals surface area contributed by atoms with Crippen molar-refractivity contribution in [3.63, 3.8) is 0 Å². The van der Waals surface area contributed by atoms with Gasteiger partial charge in [-0.15, -0.1) is 11.3 Å². The van der Waals surface area contributed by atoms with Crippen molar-refractivity contribution in [1.82, 2.24) is 9.88 Å². The van der Waals surface area contributed by atoms with Crippen LogP contribution in [-0.2, 0) is 4.79 Å². The second kappa shape index (κ2) is 8.51. The highest BCUT2D eigenvalue weighted by molar-refractivity contribution is 7.13. The lowest BCUT2D eigenvalue weighted by atomic mass is 10.1. The molecular formula is C24H23N3O3S. The molecule has 3 aromatic rings. The number of carbonyl (C=O) groups excluding carboxylic acids is 2. The molecule has 5 rings (SSSR count). The average Bonchev–Trinajstić information content (AvgIpc) is 3.34. The van der Waals surface area contributed by atoms with Crippen LogP contribution in [0.1, 0.15) is 29.8 Å². The van der Waals surface area contributed by atoms with Crippen LogP contribution in [0.25, 0.3) is 10.6 Å². The number of aromatic nitrogens is 1. The van der Waals surface area contributed by atoms with E-state index >= 15 is 0 Å². The zero-order valence-corrected chi connectivity index (χ0v) is 17.9. The Labute approximate surface area is 185 Å². The van der Waals surface area contributed by atoms with Crippen molar-refractivity contribution in [3.05, 3.63) is 65.7 Å². The smallest absolute Gasteiger partial charge is 0.278 e. The van der Waals surface area contributed by atoms with E-state index in [4.69, 9.17) is 4.74 Å². The van der Waals surface area contributed by atoms with Crippen molar-refractivity contribution >= 4 is 28.8 Å². The van der Waals surface area contributed by atoms with Crippen molar-refractivity contribution in [3.8, 4) is 16.3 Å². The predicted octanol–water partition coefficient (Wildman–Crippen LogP) is 4.23. The summed E-state index contributed by atoms with van der Waals surface area (Å²) in [5.41, 5.74) is 2.03. The summed E-state index contributed by atoms with van der Waals surface area (Å²) in [5.74, 6) is 0.289. The van der Waals surface area contributed by atoms with Crippen LogP contribution >= 0.6 is 11.3 Å². The number of hydrogen-bond acceptors (Lipinski definition) is 5. The van der Waals surface area contributed by atoms with Crippen molar-refractivity contribution in [1.29, 1.82) is 0 Å². The van der Waals surface area contributed by atoms with Gasteiger partial charge < -0.3 is 9.64 Å². The minimum absolute atomic E-state index is 0.0461. The summed E-state index contributed by atoms with van der Waals surface area (Å²) in [7, 11) is 0. The molecule has 0 bridgehead atoms. The Morgan fingerprint density at radius 1 is 0.968 bits per heavy atom. The molecule has 0 spiro atoms. The summed E-state index contributed by atoms with van der Waals surface area (Å²) in [6.45, 7) is 1.69. The third-order valence-corrected chi connectivity index (χ3v) is 6.60. The molecule has 1 aromatic heterocycles. The van der Waals surface area contributed by atoms with Crippen LogP contribution in [0.3, 0.4) is 0 Å². The molecule has 0 saturated carbocycles. The first-order valence-electron chi connectivity index (χ1n) is 10.6. The van der Waals surface area contributed by atoms with Gasteiger partial charge in [-0.1, -0.05) is 42.5 Å². The van der Waals surface area contributed by atoms with E-state index in [-0.39, 0.29) is 18.4 Å². The van der Waals surface area contributed by atoms with E-state index in [1.807, 2.05) is 59.5 Å². The number of thiazole rings is 1. The van der Waals surface area contributed by atoms with Gasteiger partial charge in [0.1, 0.15) is 16.5 Å². The molecule has 31 heavy (non-hydrogen) atoms. The Balaban J connectivity index is 1.42. The predicted molar refractivity (Wildman–Crippen MR) is 121 cm³/mol. The van der Waals surface area contributed by atoms with Crippen LogP contribution in [0.15, 0.2) is 60.0 Å². The van der Waals surface area contributed by atoms with Crippen LogP contribution in [-0.4, -0.2) is 47.4 Å². The molecule has 1 fully saturated rings. The Morgan fingerprint density at radius 3 is 2.52 bits per heavy atom. The Morgan fingerprint density at radius 2 is 1.71 bits per heavy atom. The summed E-state index contributed by atoms with van der Waals surface area (Å²) in [4.78, 5) is 34.6. The standard InChI is InChI=1S/C24H23N3O3S/c28-23(18-16-31-22(25-18)17-9-3-1-4-10-17)27-15-21(24(29)26-13-7-2-8-14-26)30-20-12-6-5-11-19(20)27/h1,3-6,9-12,16,21H,2,7-8,13-15H2. The fourth-order valence-corrected chi connectivity index (χ4v) is 4.90. The van der Waals surface area contributed by atoms with E-state index in [9.17, 15) is 9.59 Å². The Hall–Kier alpha value is -3.19. The Kier molecular flexibility index (Phi) is 5.42. The highest BCUT2D eigenvalue weighted by atomic mass is 32.1. The third kappa shape index (κ3) is 3.93. The number of fused-ring (bicyclic) bond motifs is 1. The van der Waals surface area contributed by atoms with E-state index in [1.54, 1.807) is 10.3 Å². The lowest BCUT2D eigenvalue weighted by Crippen LogP contribution is -2.52. The number of carbonyl (C=O) groups is 2. The fourth-order valence-electron chi connectivity index (χ4n) is 4.10. The first-order valence-corrected chi connectivity index (χ1v) is 11.5. The topological polar surface area (TPSA) is 62.7 Å². The summed E-state index contributed by atoms with van der Waals surface area (Å²) in [6, 6.07) is 17.2. The highest BCUT2D eigenvalue weighted by Crippen LogP contribution is 2.35. The third-order valence-electron chi connectivity index (χ3n) is 5.71. The van der Waals surface area contributed by atoms with Gasteiger partial charge in [-0.25, -0.2) is 4.98 Å². The number of benzene rings is 2. The maximum absolute atomic E-state index is 13.4. The SMILES string of the molecule is O=C(C1CN(C(=O)c2csc(-c3ccccc3)n2)c2ccccc2O1)N1CCCCC1. The van der Waals surface area contributed by atoms with Gasteiger partial charge in [-0.2, -0.15) is 0 Å². The summed E-state index contributed by atoms with van der Waals surface area (Å²) < 4.78 is 6.03. The fraction of sp³-hybridized carbons (Fsp3) is 0.292. The number of nitrogens with zero attached hydrogens (tertiary/aromatic N) is 3. The largest absolute Gasteiger partial charge is 0.476 e. The molecule has 2 aromatic carbocycles. The van der Waals surface area contributed by atoms with Crippen LogP contribution in [0, 0.1) is 0 Å². The molecule has 1 saturated heterocycles. The van der Waals surface area contributed by atoms with Gasteiger partial charge in [0.05, 0.1) is 12.2 Å². The van der Waals surface area contributed by atoms with Crippen molar-refractivity contribution in [2.45, 2.75) is 25.4 Å². The zero-order chi connectivity index (χ0) is 21.2. The van der Waals surface area contributed by atoms with Crippen LogP contribution in [0.5, 0.6) is 5.75 Å². The van der Waals surface area contributed by atoms with Gasteiger partial charge in [0.2, 0.25) is 0 Å². The van der Waals surface area contributed by atoms with E-state index in [2.05, 4.69) is 4.98 Å². The van der Waals surface area contributed by atoms with Gasteiger partial charge in [0, 0.05) is 24.0 Å². The summed E-state index contributed by atoms with van der Waals surface area (Å²) in [5, 5.41) is 2.58. The number of anilines is 1. The summed E-state index contributed by atoms with van der Waals surface area (Å²) in [6.07, 6.45) is 2.47. The molecule has 158 valence electrons. The molecule has 6 nitrogen and oxygen atoms in total. The van der Waals surface area contributed by atoms with E-state index in [0.717, 1.165) is 42.9 Å². The van der Waals surface area contributed by atoms with Gasteiger partial charge >= 0.3 is 0 Å². The number of para-hydroxylation sites is 2. The number of piperidine rings is 1. The van der Waals surface area contributed by atoms with Gasteiger partial charge in [0.25, 0.3) is 11.8 Å². The molecule has 2 aliphatic heterocycles. The normalized spacial score (nSPS) is 18.3. The molecule has 1 atom stereocenters. The minimum atomic E-state index is -0.704. The lowest BCUT2D eigenvalue weighted by Gasteiger charge is -2.37. The average molecular weight is 434 g/mol. The first kappa shape index (κ1) is 19.8. The first-order chi connectivity index (χ1) is 15.2. The van der Waals surface area contributed by atoms with Gasteiger partial charge in [0.15, 0.2) is 6.10 Å². The summed E-state index contributed by atoms with van der Waals surface area (Å²) >= 11 is 1.44. The second-order valence-corrected chi connectivity index (χ2v) is 8.64. The van der Waals surface area contributed by atoms with E-state index in [1.165, 1.54) is 11.3 Å². The number of rotatable bonds is 3. The van der Waals surface area contributed by atoms with Crippen molar-refractivity contribution in [2.24, 2.45) is 0 Å². The molecule has 3 heterocycles. The zero-order valence-electron chi connectivity index (χ0n) is 17.1. The number of ether oxygens (including phenoxy) is 1. The molecule has 0 radical (unpaired) electrons. The van der Waals surface area contributed by atoms with Crippen LogP contribution in [0.4, 0.5) is 5.69 Å². The molecule has 1 unspecified atom stereocenters. The maximum atomic E-state index is 13.4. The van der Waals surface area contributed by atoms with Crippen LogP contribution in [0.2, 0.25) is 0 Å². The van der Waals surface area contributed by atoms with Gasteiger partial charge in [-0.05, 0) is 31.4 Å². The molecule has 2 amide bonds. The molecular weight excluding hydrogens is 410 g/mol. The Bertz CT molecular complexity index is 1090. The maximum Gasteiger partial charge on any atom is 0.278 e. The molecule has 7 heteroatoms. The highest BCUT2D eigenvalue weighted by Gasteiger charge is 2.37. The van der Waals surface area contributed by atoms with Gasteiger partial charge in [-0.3, -0.25) is 14.5 Å². The molecule has 2 aliphatic rings. The van der Waals surface area contributed by atoms with Crippen LogP contribution < -0.4 is 9.64 Å². The van der Waals surface area contributed by atoms with Crippen molar-refractivity contribution < 1.29 is 14.3 Å². The second-order valence-electron chi connectivity index (χ2n) is 7.78. The van der Waals surface area contributed by atoms with E-state index in [0.29, 0.717) is 17.1 Å². The monoisotopic (exact) mass is 433 g/mol. The number of likely N-dealkylation sites (tertiary alicyclic amines) is 1. The minimum Gasteiger partial charge on any atom is -0.476 e. The lowest BCUT2D eigenvalue weighted by molar-refractivity contribution is -0.139. The van der Waals surface area contributed by atoms with Crippen molar-refractivity contribution in [2.75, 3.05) is 24.5 Å². The quantitative estimate of drug-likeness (QED) is 0.620. The number of amides is 2. The van der Waals surface area contributed by atoms with E-state index < -0.39 is 6.10 Å². The molecule has 0 aliphatic carbocycles.